The molecule has 0 bridgehead atoms. The number of imidazole rings is 1. The van der Waals surface area contributed by atoms with Crippen LogP contribution in [0.2, 0.25) is 0 Å². The molecule has 1 heterocycles. The zero-order valence-corrected chi connectivity index (χ0v) is 11.2. The van der Waals surface area contributed by atoms with E-state index in [0.717, 1.165) is 33.5 Å². The molecule has 0 fully saturated rings. The van der Waals surface area contributed by atoms with Gasteiger partial charge in [-0.15, -0.1) is 0 Å². The number of hydrogen-bond donors (Lipinski definition) is 1. The number of H-pyrrole nitrogens is 1. The first-order valence-electron chi connectivity index (χ1n) is 6.28. The molecule has 0 aliphatic rings. The third-order valence-electron chi connectivity index (χ3n) is 3.38. The van der Waals surface area contributed by atoms with Crippen LogP contribution in [0.15, 0.2) is 30.3 Å². The number of nitrogens with one attached hydrogen (secondary N) is 1. The van der Waals surface area contributed by atoms with Crippen molar-refractivity contribution in [3.8, 4) is 11.4 Å². The highest BCUT2D eigenvalue weighted by Crippen LogP contribution is 2.26. The van der Waals surface area contributed by atoms with Gasteiger partial charge in [-0.2, -0.15) is 0 Å². The minimum absolute atomic E-state index is 0.242. The zero-order valence-electron chi connectivity index (χ0n) is 11.2. The Kier molecular flexibility index (Phi) is 2.63. The first-order chi connectivity index (χ1) is 9.04. The predicted molar refractivity (Wildman–Crippen MR) is 75.7 cm³/mol. The number of aromatic amines is 1. The number of rotatable bonds is 1. The Bertz CT molecular complexity index is 772. The van der Waals surface area contributed by atoms with Crippen molar-refractivity contribution in [2.75, 3.05) is 0 Å². The van der Waals surface area contributed by atoms with Gasteiger partial charge in [0.25, 0.3) is 0 Å². The molecule has 2 nitrogen and oxygen atoms in total. The molecule has 0 unspecified atom stereocenters. The van der Waals surface area contributed by atoms with Gasteiger partial charge in [0.2, 0.25) is 0 Å². The molecule has 0 saturated heterocycles. The van der Waals surface area contributed by atoms with Gasteiger partial charge in [-0.3, -0.25) is 0 Å². The second-order valence-electron chi connectivity index (χ2n) is 5.02. The fourth-order valence-corrected chi connectivity index (χ4v) is 2.45. The topological polar surface area (TPSA) is 28.7 Å². The van der Waals surface area contributed by atoms with Crippen LogP contribution in [-0.4, -0.2) is 9.97 Å². The summed E-state index contributed by atoms with van der Waals surface area (Å²) in [7, 11) is 0. The summed E-state index contributed by atoms with van der Waals surface area (Å²) < 4.78 is 13.4. The van der Waals surface area contributed by atoms with Gasteiger partial charge in [-0.25, -0.2) is 9.37 Å². The lowest BCUT2D eigenvalue weighted by Gasteiger charge is -2.01. The minimum Gasteiger partial charge on any atom is -0.338 e. The molecule has 0 atom stereocenters. The summed E-state index contributed by atoms with van der Waals surface area (Å²) in [6.07, 6.45) is 0. The molecule has 1 N–H and O–H groups in total. The second-order valence-corrected chi connectivity index (χ2v) is 5.02. The van der Waals surface area contributed by atoms with Crippen LogP contribution in [-0.2, 0) is 0 Å². The van der Waals surface area contributed by atoms with E-state index in [1.807, 2.05) is 13.8 Å². The van der Waals surface area contributed by atoms with Crippen molar-refractivity contribution >= 4 is 11.0 Å². The number of fused-ring (bicyclic) bond motifs is 1. The number of aryl methyl sites for hydroxylation is 3. The monoisotopic (exact) mass is 254 g/mol. The van der Waals surface area contributed by atoms with E-state index in [1.165, 1.54) is 17.7 Å². The van der Waals surface area contributed by atoms with E-state index >= 15 is 0 Å². The summed E-state index contributed by atoms with van der Waals surface area (Å²) in [4.78, 5) is 7.89. The molecule has 0 saturated carbocycles. The number of halogens is 1. The van der Waals surface area contributed by atoms with Gasteiger partial charge in [-0.05, 0) is 55.7 Å². The van der Waals surface area contributed by atoms with Crippen LogP contribution in [0.25, 0.3) is 22.4 Å². The lowest BCUT2D eigenvalue weighted by molar-refractivity contribution is 0.628. The average molecular weight is 254 g/mol. The van der Waals surface area contributed by atoms with E-state index in [2.05, 4.69) is 29.0 Å². The van der Waals surface area contributed by atoms with Crippen molar-refractivity contribution in [3.05, 3.63) is 52.8 Å². The largest absolute Gasteiger partial charge is 0.338 e. The van der Waals surface area contributed by atoms with Crippen molar-refractivity contribution < 1.29 is 4.39 Å². The number of nitrogens with zero attached hydrogens (tertiary/aromatic N) is 1. The van der Waals surface area contributed by atoms with E-state index in [1.54, 1.807) is 6.07 Å². The maximum absolute atomic E-state index is 13.4. The standard InChI is InChI=1S/C16H15FN2/c1-9-6-11(3)15-14(7-9)18-16(19-15)13-8-12(17)5-4-10(13)2/h4-8H,1-3H3,(H,18,19). The molecule has 0 aliphatic heterocycles. The van der Waals surface area contributed by atoms with E-state index in [9.17, 15) is 4.39 Å². The summed E-state index contributed by atoms with van der Waals surface area (Å²) in [6, 6.07) is 8.93. The smallest absolute Gasteiger partial charge is 0.138 e. The molecule has 96 valence electrons. The summed E-state index contributed by atoms with van der Waals surface area (Å²) in [5, 5.41) is 0. The fourth-order valence-electron chi connectivity index (χ4n) is 2.45. The van der Waals surface area contributed by atoms with Crippen LogP contribution >= 0.6 is 0 Å². The van der Waals surface area contributed by atoms with Gasteiger partial charge < -0.3 is 4.98 Å². The molecule has 0 spiro atoms. The average Bonchev–Trinajstić information content (AvgIpc) is 2.76. The molecule has 0 aliphatic carbocycles. The molecule has 0 amide bonds. The Balaban J connectivity index is 2.26. The highest BCUT2D eigenvalue weighted by Gasteiger charge is 2.10. The lowest BCUT2D eigenvalue weighted by atomic mass is 10.1. The van der Waals surface area contributed by atoms with Crippen LogP contribution in [0.1, 0.15) is 16.7 Å². The van der Waals surface area contributed by atoms with E-state index in [-0.39, 0.29) is 5.82 Å². The maximum Gasteiger partial charge on any atom is 0.138 e. The molecule has 2 aromatic carbocycles. The predicted octanol–water partition coefficient (Wildman–Crippen LogP) is 4.29. The molecule has 3 heteroatoms. The zero-order chi connectivity index (χ0) is 13.6. The van der Waals surface area contributed by atoms with Crippen molar-refractivity contribution in [1.82, 2.24) is 9.97 Å². The van der Waals surface area contributed by atoms with Crippen molar-refractivity contribution in [1.29, 1.82) is 0 Å². The number of benzene rings is 2. The molecule has 1 aromatic heterocycles. The maximum atomic E-state index is 13.4. The van der Waals surface area contributed by atoms with E-state index in [4.69, 9.17) is 0 Å². The lowest BCUT2D eigenvalue weighted by Crippen LogP contribution is -1.87. The molecular formula is C16H15FN2. The molecule has 3 aromatic rings. The van der Waals surface area contributed by atoms with Crippen molar-refractivity contribution in [2.24, 2.45) is 0 Å². The third-order valence-corrected chi connectivity index (χ3v) is 3.38. The van der Waals surface area contributed by atoms with E-state index in [0.29, 0.717) is 0 Å². The normalized spacial score (nSPS) is 11.2. The van der Waals surface area contributed by atoms with Gasteiger partial charge in [-0.1, -0.05) is 12.1 Å². The second kappa shape index (κ2) is 4.19. The molecule has 3 rings (SSSR count). The highest BCUT2D eigenvalue weighted by atomic mass is 19.1. The highest BCUT2D eigenvalue weighted by molar-refractivity contribution is 5.83. The Hall–Kier alpha value is -2.16. The SMILES string of the molecule is Cc1cc(C)c2nc(-c3cc(F)ccc3C)[nH]c2c1. The Labute approximate surface area is 111 Å². The van der Waals surface area contributed by atoms with Crippen molar-refractivity contribution in [2.45, 2.75) is 20.8 Å². The van der Waals surface area contributed by atoms with Gasteiger partial charge in [0.15, 0.2) is 0 Å². The van der Waals surface area contributed by atoms with Crippen LogP contribution in [0.3, 0.4) is 0 Å². The number of aromatic nitrogens is 2. The summed E-state index contributed by atoms with van der Waals surface area (Å²) in [5.74, 6) is 0.481. The van der Waals surface area contributed by atoms with Gasteiger partial charge >= 0.3 is 0 Å². The fraction of sp³-hybridized carbons (Fsp3) is 0.188. The van der Waals surface area contributed by atoms with Crippen LogP contribution in [0, 0.1) is 26.6 Å². The Morgan fingerprint density at radius 1 is 1.00 bits per heavy atom. The van der Waals surface area contributed by atoms with E-state index < -0.39 is 0 Å². The summed E-state index contributed by atoms with van der Waals surface area (Å²) in [6.45, 7) is 6.05. The number of hydrogen-bond acceptors (Lipinski definition) is 1. The van der Waals surface area contributed by atoms with Gasteiger partial charge in [0.1, 0.15) is 11.6 Å². The first-order valence-corrected chi connectivity index (χ1v) is 6.28. The Morgan fingerprint density at radius 3 is 2.58 bits per heavy atom. The molecule has 19 heavy (non-hydrogen) atoms. The minimum atomic E-state index is -0.242. The summed E-state index contributed by atoms with van der Waals surface area (Å²) in [5.41, 5.74) is 6.09. The van der Waals surface area contributed by atoms with Gasteiger partial charge in [0, 0.05) is 5.56 Å². The van der Waals surface area contributed by atoms with Crippen LogP contribution < -0.4 is 0 Å². The van der Waals surface area contributed by atoms with Gasteiger partial charge in [0.05, 0.1) is 11.0 Å². The van der Waals surface area contributed by atoms with Crippen molar-refractivity contribution in [3.63, 3.8) is 0 Å². The Morgan fingerprint density at radius 2 is 1.79 bits per heavy atom. The quantitative estimate of drug-likeness (QED) is 0.689. The summed E-state index contributed by atoms with van der Waals surface area (Å²) >= 11 is 0. The third kappa shape index (κ3) is 2.01. The molecule has 0 radical (unpaired) electrons. The first kappa shape index (κ1) is 11.9. The van der Waals surface area contributed by atoms with Crippen LogP contribution in [0.4, 0.5) is 4.39 Å². The van der Waals surface area contributed by atoms with Crippen LogP contribution in [0.5, 0.6) is 0 Å². The molecular weight excluding hydrogens is 239 g/mol.